The summed E-state index contributed by atoms with van der Waals surface area (Å²) in [6.45, 7) is 8.34. The molecule has 5 rings (SSSR count). The summed E-state index contributed by atoms with van der Waals surface area (Å²) in [5.41, 5.74) is 6.78. The average molecular weight is 596 g/mol. The molecule has 0 aromatic heterocycles. The van der Waals surface area contributed by atoms with Crippen LogP contribution in [0.4, 0.5) is 10.1 Å². The lowest BCUT2D eigenvalue weighted by atomic mass is 9.85. The number of ether oxygens (including phenoxy) is 4. The van der Waals surface area contributed by atoms with Crippen LogP contribution in [-0.2, 0) is 11.3 Å². The highest BCUT2D eigenvalue weighted by molar-refractivity contribution is 5.94. The summed E-state index contributed by atoms with van der Waals surface area (Å²) in [4.78, 5) is 24.6. The number of aryl methyl sites for hydroxylation is 1. The Hall–Kier alpha value is -5.11. The maximum absolute atomic E-state index is 14.1. The van der Waals surface area contributed by atoms with Crippen molar-refractivity contribution in [2.24, 2.45) is 0 Å². The van der Waals surface area contributed by atoms with Crippen LogP contribution in [0.15, 0.2) is 78.9 Å². The van der Waals surface area contributed by atoms with Crippen molar-refractivity contribution in [2.45, 2.75) is 39.8 Å². The summed E-state index contributed by atoms with van der Waals surface area (Å²) >= 11 is 0. The van der Waals surface area contributed by atoms with E-state index in [0.29, 0.717) is 22.8 Å². The molecule has 226 valence electrons. The number of anilines is 1. The first-order chi connectivity index (χ1) is 21.0. The number of hydrogen-bond acceptors (Lipinski definition) is 7. The average Bonchev–Trinajstić information content (AvgIpc) is 3.00. The van der Waals surface area contributed by atoms with Gasteiger partial charge in [0, 0.05) is 34.5 Å². The standard InChI is InChI=1S/C36H34FNO6/c1-21-7-12-25(37)17-31(21)43-20-29-27(15-16-30-33(29)22(2)19-36(3,4)38-30)28-14-13-26(18-32(28)41-5)44-35(40)24-10-8-23(9-11-24)34(39)42-6/h7-19,38H,20H2,1-6H3. The Kier molecular flexibility index (Phi) is 8.45. The minimum Gasteiger partial charge on any atom is -0.496 e. The van der Waals surface area contributed by atoms with E-state index in [1.165, 1.54) is 43.5 Å². The number of allylic oxidation sites excluding steroid dienone is 1. The van der Waals surface area contributed by atoms with Gasteiger partial charge in [0.25, 0.3) is 0 Å². The van der Waals surface area contributed by atoms with Crippen LogP contribution >= 0.6 is 0 Å². The van der Waals surface area contributed by atoms with Crippen molar-refractivity contribution >= 4 is 23.2 Å². The lowest BCUT2D eigenvalue weighted by molar-refractivity contribution is 0.0599. The normalized spacial score (nSPS) is 13.2. The van der Waals surface area contributed by atoms with E-state index in [4.69, 9.17) is 18.9 Å². The first-order valence-corrected chi connectivity index (χ1v) is 14.1. The number of halogens is 1. The molecule has 1 heterocycles. The lowest BCUT2D eigenvalue weighted by Gasteiger charge is -2.33. The molecular formula is C36H34FNO6. The Morgan fingerprint density at radius 2 is 1.50 bits per heavy atom. The number of fused-ring (bicyclic) bond motifs is 1. The summed E-state index contributed by atoms with van der Waals surface area (Å²) in [6, 6.07) is 19.7. The monoisotopic (exact) mass is 595 g/mol. The predicted octanol–water partition coefficient (Wildman–Crippen LogP) is 8.00. The Morgan fingerprint density at radius 3 is 2.18 bits per heavy atom. The summed E-state index contributed by atoms with van der Waals surface area (Å²) in [7, 11) is 2.85. The van der Waals surface area contributed by atoms with Gasteiger partial charge in [0.1, 0.15) is 29.7 Å². The zero-order chi connectivity index (χ0) is 31.6. The van der Waals surface area contributed by atoms with Gasteiger partial charge in [0.2, 0.25) is 0 Å². The highest BCUT2D eigenvalue weighted by Crippen LogP contribution is 2.43. The molecule has 1 aliphatic rings. The molecule has 0 unspecified atom stereocenters. The first-order valence-electron chi connectivity index (χ1n) is 14.1. The number of nitrogens with one attached hydrogen (secondary N) is 1. The van der Waals surface area contributed by atoms with E-state index in [2.05, 4.69) is 32.2 Å². The molecule has 4 aromatic carbocycles. The molecule has 0 spiro atoms. The van der Waals surface area contributed by atoms with E-state index in [1.54, 1.807) is 25.3 Å². The number of hydrogen-bond donors (Lipinski definition) is 1. The molecule has 0 amide bonds. The molecule has 4 aromatic rings. The minimum absolute atomic E-state index is 0.178. The van der Waals surface area contributed by atoms with Gasteiger partial charge in [-0.1, -0.05) is 18.2 Å². The number of benzene rings is 4. The third-order valence-corrected chi connectivity index (χ3v) is 7.48. The first kappa shape index (κ1) is 30.4. The van der Waals surface area contributed by atoms with E-state index in [-0.39, 0.29) is 23.5 Å². The van der Waals surface area contributed by atoms with Crippen molar-refractivity contribution in [2.75, 3.05) is 19.5 Å². The van der Waals surface area contributed by atoms with E-state index in [1.807, 2.05) is 25.1 Å². The number of esters is 2. The number of carbonyl (C=O) groups is 2. The molecule has 0 saturated heterocycles. The van der Waals surface area contributed by atoms with Gasteiger partial charge >= 0.3 is 11.9 Å². The second-order valence-electron chi connectivity index (χ2n) is 11.2. The molecule has 44 heavy (non-hydrogen) atoms. The molecular weight excluding hydrogens is 561 g/mol. The molecule has 0 fully saturated rings. The molecule has 0 atom stereocenters. The Morgan fingerprint density at radius 1 is 0.818 bits per heavy atom. The van der Waals surface area contributed by atoms with Gasteiger partial charge in [0.05, 0.1) is 30.9 Å². The zero-order valence-corrected chi connectivity index (χ0v) is 25.5. The second kappa shape index (κ2) is 12.2. The summed E-state index contributed by atoms with van der Waals surface area (Å²) < 4.78 is 36.4. The van der Waals surface area contributed by atoms with Crippen LogP contribution in [0.3, 0.4) is 0 Å². The second-order valence-corrected chi connectivity index (χ2v) is 11.2. The third kappa shape index (κ3) is 6.29. The summed E-state index contributed by atoms with van der Waals surface area (Å²) in [5.74, 6) is -0.198. The van der Waals surface area contributed by atoms with E-state index in [0.717, 1.165) is 39.1 Å². The van der Waals surface area contributed by atoms with Crippen molar-refractivity contribution in [3.05, 3.63) is 113 Å². The van der Waals surface area contributed by atoms with Gasteiger partial charge in [-0.2, -0.15) is 0 Å². The molecule has 0 aliphatic carbocycles. The van der Waals surface area contributed by atoms with Crippen molar-refractivity contribution < 1.29 is 32.9 Å². The Balaban J connectivity index is 1.51. The Labute approximate surface area is 256 Å². The quantitative estimate of drug-likeness (QED) is 0.163. The van der Waals surface area contributed by atoms with Crippen molar-refractivity contribution in [1.29, 1.82) is 0 Å². The molecule has 0 radical (unpaired) electrons. The molecule has 0 saturated carbocycles. The number of carbonyl (C=O) groups excluding carboxylic acids is 2. The van der Waals surface area contributed by atoms with Gasteiger partial charge < -0.3 is 24.3 Å². The van der Waals surface area contributed by atoms with Crippen LogP contribution < -0.4 is 19.5 Å². The van der Waals surface area contributed by atoms with Gasteiger partial charge in [0.15, 0.2) is 0 Å². The van der Waals surface area contributed by atoms with Crippen molar-refractivity contribution in [3.8, 4) is 28.4 Å². The predicted molar refractivity (Wildman–Crippen MR) is 168 cm³/mol. The van der Waals surface area contributed by atoms with Gasteiger partial charge in [-0.3, -0.25) is 0 Å². The van der Waals surface area contributed by atoms with Crippen LogP contribution in [0.1, 0.15) is 58.2 Å². The van der Waals surface area contributed by atoms with Crippen LogP contribution in [-0.4, -0.2) is 31.7 Å². The smallest absolute Gasteiger partial charge is 0.343 e. The summed E-state index contributed by atoms with van der Waals surface area (Å²) in [5, 5.41) is 3.59. The maximum Gasteiger partial charge on any atom is 0.343 e. The molecule has 0 bridgehead atoms. The van der Waals surface area contributed by atoms with Crippen LogP contribution in [0.2, 0.25) is 0 Å². The SMILES string of the molecule is COC(=O)c1ccc(C(=O)Oc2ccc(-c3ccc4c(c3COc3cc(F)ccc3C)C(C)=CC(C)(C)N4)c(OC)c2)cc1. The number of rotatable bonds is 8. The largest absolute Gasteiger partial charge is 0.496 e. The highest BCUT2D eigenvalue weighted by Gasteiger charge is 2.27. The van der Waals surface area contributed by atoms with Crippen molar-refractivity contribution in [1.82, 2.24) is 0 Å². The zero-order valence-electron chi connectivity index (χ0n) is 25.5. The summed E-state index contributed by atoms with van der Waals surface area (Å²) in [6.07, 6.45) is 2.17. The molecule has 7 nitrogen and oxygen atoms in total. The van der Waals surface area contributed by atoms with Crippen LogP contribution in [0, 0.1) is 12.7 Å². The Bertz CT molecular complexity index is 1770. The van der Waals surface area contributed by atoms with E-state index < -0.39 is 11.9 Å². The maximum atomic E-state index is 14.1. The number of methoxy groups -OCH3 is 2. The molecule has 8 heteroatoms. The molecule has 1 N–H and O–H groups in total. The lowest BCUT2D eigenvalue weighted by Crippen LogP contribution is -2.32. The van der Waals surface area contributed by atoms with Gasteiger partial charge in [-0.15, -0.1) is 0 Å². The fraction of sp³-hybridized carbons (Fsp3) is 0.222. The fourth-order valence-corrected chi connectivity index (χ4v) is 5.46. The van der Waals surface area contributed by atoms with Crippen LogP contribution in [0.25, 0.3) is 16.7 Å². The fourth-order valence-electron chi connectivity index (χ4n) is 5.46. The third-order valence-electron chi connectivity index (χ3n) is 7.48. The van der Waals surface area contributed by atoms with E-state index >= 15 is 0 Å². The molecule has 1 aliphatic heterocycles. The highest BCUT2D eigenvalue weighted by atomic mass is 19.1. The van der Waals surface area contributed by atoms with Crippen LogP contribution in [0.5, 0.6) is 17.2 Å². The van der Waals surface area contributed by atoms with Gasteiger partial charge in [-0.25, -0.2) is 14.0 Å². The minimum atomic E-state index is -0.584. The van der Waals surface area contributed by atoms with Gasteiger partial charge in [-0.05, 0) is 92.9 Å². The van der Waals surface area contributed by atoms with Crippen molar-refractivity contribution in [3.63, 3.8) is 0 Å². The van der Waals surface area contributed by atoms with E-state index in [9.17, 15) is 14.0 Å². The topological polar surface area (TPSA) is 83.1 Å².